The maximum atomic E-state index is 11.9. The molecule has 0 aliphatic rings. The van der Waals surface area contributed by atoms with Crippen molar-refractivity contribution in [3.8, 4) is 0 Å². The number of nitrogen functional groups attached to an aromatic ring is 1. The van der Waals surface area contributed by atoms with Crippen molar-refractivity contribution in [1.82, 2.24) is 14.7 Å². The SMILES string of the molecule is CCN(CC)C(=O)c1nn(CC)cc1N. The molecule has 0 unspecified atom stereocenters. The van der Waals surface area contributed by atoms with Crippen molar-refractivity contribution in [1.29, 1.82) is 0 Å². The molecule has 5 heteroatoms. The number of aromatic nitrogens is 2. The molecule has 0 aromatic carbocycles. The molecule has 0 spiro atoms. The minimum atomic E-state index is -0.0929. The van der Waals surface area contributed by atoms with Crippen molar-refractivity contribution in [2.75, 3.05) is 18.8 Å². The molecule has 5 nitrogen and oxygen atoms in total. The highest BCUT2D eigenvalue weighted by atomic mass is 16.2. The Kier molecular flexibility index (Phi) is 3.71. The highest BCUT2D eigenvalue weighted by molar-refractivity contribution is 5.97. The zero-order chi connectivity index (χ0) is 11.4. The van der Waals surface area contributed by atoms with Gasteiger partial charge >= 0.3 is 0 Å². The Bertz CT molecular complexity index is 341. The van der Waals surface area contributed by atoms with E-state index in [0.29, 0.717) is 24.5 Å². The van der Waals surface area contributed by atoms with Crippen molar-refractivity contribution in [2.45, 2.75) is 27.3 Å². The zero-order valence-corrected chi connectivity index (χ0v) is 9.53. The van der Waals surface area contributed by atoms with Gasteiger partial charge in [0.25, 0.3) is 5.91 Å². The fraction of sp³-hybridized carbons (Fsp3) is 0.600. The molecular formula is C10H18N4O. The van der Waals surface area contributed by atoms with Crippen LogP contribution in [-0.2, 0) is 6.54 Å². The maximum Gasteiger partial charge on any atom is 0.276 e. The number of rotatable bonds is 4. The smallest absolute Gasteiger partial charge is 0.276 e. The van der Waals surface area contributed by atoms with Crippen LogP contribution in [0.4, 0.5) is 5.69 Å². The lowest BCUT2D eigenvalue weighted by Gasteiger charge is -2.17. The van der Waals surface area contributed by atoms with Crippen LogP contribution < -0.4 is 5.73 Å². The molecule has 1 aromatic rings. The molecule has 0 radical (unpaired) electrons. The van der Waals surface area contributed by atoms with Crippen LogP contribution in [0.15, 0.2) is 6.20 Å². The topological polar surface area (TPSA) is 64.2 Å². The number of hydrogen-bond donors (Lipinski definition) is 1. The summed E-state index contributed by atoms with van der Waals surface area (Å²) in [4.78, 5) is 13.6. The molecule has 0 atom stereocenters. The van der Waals surface area contributed by atoms with E-state index in [2.05, 4.69) is 5.10 Å². The van der Waals surface area contributed by atoms with E-state index in [-0.39, 0.29) is 5.91 Å². The Morgan fingerprint density at radius 2 is 2.07 bits per heavy atom. The number of carbonyl (C=O) groups is 1. The van der Waals surface area contributed by atoms with E-state index in [1.807, 2.05) is 20.8 Å². The number of aryl methyl sites for hydroxylation is 1. The van der Waals surface area contributed by atoms with E-state index in [4.69, 9.17) is 5.73 Å². The van der Waals surface area contributed by atoms with E-state index >= 15 is 0 Å². The van der Waals surface area contributed by atoms with Crippen LogP contribution in [-0.4, -0.2) is 33.7 Å². The van der Waals surface area contributed by atoms with Gasteiger partial charge in [-0.25, -0.2) is 0 Å². The number of nitrogens with two attached hydrogens (primary N) is 1. The van der Waals surface area contributed by atoms with Crippen LogP contribution >= 0.6 is 0 Å². The number of hydrogen-bond acceptors (Lipinski definition) is 3. The average Bonchev–Trinajstić information content (AvgIpc) is 2.61. The summed E-state index contributed by atoms with van der Waals surface area (Å²) in [6.07, 6.45) is 1.69. The minimum absolute atomic E-state index is 0.0929. The summed E-state index contributed by atoms with van der Waals surface area (Å²) in [5.74, 6) is -0.0929. The molecule has 1 aromatic heterocycles. The van der Waals surface area contributed by atoms with Gasteiger partial charge in [-0.3, -0.25) is 9.48 Å². The first-order chi connectivity index (χ1) is 7.13. The predicted octanol–water partition coefficient (Wildman–Crippen LogP) is 0.967. The Balaban J connectivity index is 2.94. The number of carbonyl (C=O) groups excluding carboxylic acids is 1. The number of amides is 1. The summed E-state index contributed by atoms with van der Waals surface area (Å²) < 4.78 is 1.67. The molecule has 0 bridgehead atoms. The molecule has 0 aliphatic carbocycles. The third-order valence-corrected chi connectivity index (χ3v) is 2.37. The second-order valence-electron chi connectivity index (χ2n) is 3.27. The molecule has 0 aliphatic heterocycles. The van der Waals surface area contributed by atoms with Gasteiger partial charge in [-0.05, 0) is 20.8 Å². The lowest BCUT2D eigenvalue weighted by atomic mass is 10.3. The second kappa shape index (κ2) is 4.82. The van der Waals surface area contributed by atoms with E-state index < -0.39 is 0 Å². The van der Waals surface area contributed by atoms with Crippen molar-refractivity contribution in [2.24, 2.45) is 0 Å². The van der Waals surface area contributed by atoms with Gasteiger partial charge in [0.05, 0.1) is 5.69 Å². The Morgan fingerprint density at radius 3 is 2.47 bits per heavy atom. The van der Waals surface area contributed by atoms with Crippen LogP contribution in [0.3, 0.4) is 0 Å². The van der Waals surface area contributed by atoms with Crippen molar-refractivity contribution < 1.29 is 4.79 Å². The summed E-state index contributed by atoms with van der Waals surface area (Å²) in [5.41, 5.74) is 6.55. The first-order valence-corrected chi connectivity index (χ1v) is 5.26. The second-order valence-corrected chi connectivity index (χ2v) is 3.27. The largest absolute Gasteiger partial charge is 0.396 e. The first kappa shape index (κ1) is 11.6. The number of nitrogens with zero attached hydrogens (tertiary/aromatic N) is 3. The number of anilines is 1. The third kappa shape index (κ3) is 2.29. The molecule has 84 valence electrons. The molecule has 0 saturated heterocycles. The lowest BCUT2D eigenvalue weighted by Crippen LogP contribution is -2.31. The van der Waals surface area contributed by atoms with Gasteiger partial charge in [0, 0.05) is 25.8 Å². The minimum Gasteiger partial charge on any atom is -0.396 e. The zero-order valence-electron chi connectivity index (χ0n) is 9.53. The van der Waals surface area contributed by atoms with E-state index in [1.165, 1.54) is 0 Å². The third-order valence-electron chi connectivity index (χ3n) is 2.37. The Hall–Kier alpha value is -1.52. The molecule has 0 saturated carbocycles. The highest BCUT2D eigenvalue weighted by Gasteiger charge is 2.18. The molecule has 0 fully saturated rings. The quantitative estimate of drug-likeness (QED) is 0.805. The highest BCUT2D eigenvalue weighted by Crippen LogP contribution is 2.11. The summed E-state index contributed by atoms with van der Waals surface area (Å²) >= 11 is 0. The van der Waals surface area contributed by atoms with Gasteiger partial charge < -0.3 is 10.6 Å². The van der Waals surface area contributed by atoms with Crippen LogP contribution in [0.5, 0.6) is 0 Å². The van der Waals surface area contributed by atoms with E-state index in [0.717, 1.165) is 6.54 Å². The van der Waals surface area contributed by atoms with Crippen LogP contribution in [0, 0.1) is 0 Å². The fourth-order valence-corrected chi connectivity index (χ4v) is 1.43. The van der Waals surface area contributed by atoms with E-state index in [9.17, 15) is 4.79 Å². The summed E-state index contributed by atoms with van der Waals surface area (Å²) in [6, 6.07) is 0. The summed E-state index contributed by atoms with van der Waals surface area (Å²) in [5, 5.41) is 4.15. The van der Waals surface area contributed by atoms with Gasteiger partial charge in [-0.15, -0.1) is 0 Å². The standard InChI is InChI=1S/C10H18N4O/c1-4-13(5-2)10(15)9-8(11)7-14(6-3)12-9/h7H,4-6,11H2,1-3H3. The average molecular weight is 210 g/mol. The molecule has 1 heterocycles. The molecule has 2 N–H and O–H groups in total. The molecule has 15 heavy (non-hydrogen) atoms. The van der Waals surface area contributed by atoms with E-state index in [1.54, 1.807) is 15.8 Å². The van der Waals surface area contributed by atoms with Crippen LogP contribution in [0.25, 0.3) is 0 Å². The van der Waals surface area contributed by atoms with Gasteiger partial charge in [-0.1, -0.05) is 0 Å². The van der Waals surface area contributed by atoms with Gasteiger partial charge in [0.1, 0.15) is 0 Å². The van der Waals surface area contributed by atoms with Crippen molar-refractivity contribution in [3.05, 3.63) is 11.9 Å². The first-order valence-electron chi connectivity index (χ1n) is 5.26. The monoisotopic (exact) mass is 210 g/mol. The molecule has 1 amide bonds. The Morgan fingerprint density at radius 1 is 1.47 bits per heavy atom. The summed E-state index contributed by atoms with van der Waals surface area (Å²) in [6.45, 7) is 7.90. The predicted molar refractivity (Wildman–Crippen MR) is 59.6 cm³/mol. The van der Waals surface area contributed by atoms with Gasteiger partial charge in [0.15, 0.2) is 5.69 Å². The fourth-order valence-electron chi connectivity index (χ4n) is 1.43. The summed E-state index contributed by atoms with van der Waals surface area (Å²) in [7, 11) is 0. The molecule has 1 rings (SSSR count). The van der Waals surface area contributed by atoms with Gasteiger partial charge in [-0.2, -0.15) is 5.10 Å². The van der Waals surface area contributed by atoms with Crippen LogP contribution in [0.1, 0.15) is 31.3 Å². The van der Waals surface area contributed by atoms with Crippen LogP contribution in [0.2, 0.25) is 0 Å². The maximum absolute atomic E-state index is 11.9. The Labute approximate surface area is 89.9 Å². The van der Waals surface area contributed by atoms with Crippen molar-refractivity contribution in [3.63, 3.8) is 0 Å². The van der Waals surface area contributed by atoms with Crippen molar-refractivity contribution >= 4 is 11.6 Å². The van der Waals surface area contributed by atoms with Gasteiger partial charge in [0.2, 0.25) is 0 Å². The molecular weight excluding hydrogens is 192 g/mol. The normalized spacial score (nSPS) is 10.3. The lowest BCUT2D eigenvalue weighted by molar-refractivity contribution is 0.0767.